The smallest absolute Gasteiger partial charge is 0.332 e. The lowest BCUT2D eigenvalue weighted by Crippen LogP contribution is -2.22. The second-order valence-corrected chi connectivity index (χ2v) is 3.70. The molecule has 1 atom stereocenters. The fraction of sp³-hybridized carbons (Fsp3) is 0.250. The Morgan fingerprint density at radius 1 is 1.44 bits per heavy atom. The SMILES string of the molecule is Cc1c(CC(O)C(=O)O)oc2ccccc12. The molecule has 0 bridgehead atoms. The molecule has 1 unspecified atom stereocenters. The number of carboxylic acid groups (broad SMARTS) is 1. The Balaban J connectivity index is 2.38. The second-order valence-electron chi connectivity index (χ2n) is 3.70. The van der Waals surface area contributed by atoms with Crippen LogP contribution < -0.4 is 0 Å². The van der Waals surface area contributed by atoms with Crippen LogP contribution in [0.4, 0.5) is 0 Å². The normalized spacial score (nSPS) is 12.9. The largest absolute Gasteiger partial charge is 0.479 e. The Labute approximate surface area is 92.1 Å². The highest BCUT2D eigenvalue weighted by atomic mass is 16.4. The number of hydrogen-bond donors (Lipinski definition) is 2. The van der Waals surface area contributed by atoms with E-state index in [-0.39, 0.29) is 6.42 Å². The minimum absolute atomic E-state index is 0.00412. The van der Waals surface area contributed by atoms with Gasteiger partial charge in [-0.1, -0.05) is 18.2 Å². The lowest BCUT2D eigenvalue weighted by Gasteiger charge is -2.02. The maximum Gasteiger partial charge on any atom is 0.332 e. The Morgan fingerprint density at radius 3 is 2.75 bits per heavy atom. The van der Waals surface area contributed by atoms with E-state index >= 15 is 0 Å². The van der Waals surface area contributed by atoms with Crippen molar-refractivity contribution in [2.24, 2.45) is 0 Å². The highest BCUT2D eigenvalue weighted by Gasteiger charge is 2.18. The zero-order chi connectivity index (χ0) is 11.7. The highest BCUT2D eigenvalue weighted by molar-refractivity contribution is 5.82. The molecule has 4 heteroatoms. The average molecular weight is 220 g/mol. The van der Waals surface area contributed by atoms with E-state index in [2.05, 4.69) is 0 Å². The molecule has 0 aliphatic rings. The number of aryl methyl sites for hydroxylation is 1. The third-order valence-corrected chi connectivity index (χ3v) is 2.61. The van der Waals surface area contributed by atoms with Crippen LogP contribution in [0.2, 0.25) is 0 Å². The van der Waals surface area contributed by atoms with E-state index in [0.717, 1.165) is 10.9 Å². The number of hydrogen-bond acceptors (Lipinski definition) is 3. The van der Waals surface area contributed by atoms with Crippen LogP contribution in [0.3, 0.4) is 0 Å². The van der Waals surface area contributed by atoms with Gasteiger partial charge in [-0.15, -0.1) is 0 Å². The van der Waals surface area contributed by atoms with Gasteiger partial charge in [-0.05, 0) is 18.6 Å². The second kappa shape index (κ2) is 3.98. The van der Waals surface area contributed by atoms with Crippen molar-refractivity contribution in [1.82, 2.24) is 0 Å². The lowest BCUT2D eigenvalue weighted by molar-refractivity contribution is -0.146. The van der Waals surface area contributed by atoms with Gasteiger partial charge in [0.2, 0.25) is 0 Å². The fourth-order valence-corrected chi connectivity index (χ4v) is 1.68. The number of aliphatic hydroxyl groups excluding tert-OH is 1. The van der Waals surface area contributed by atoms with Gasteiger partial charge >= 0.3 is 5.97 Å². The minimum Gasteiger partial charge on any atom is -0.479 e. The molecule has 0 amide bonds. The number of rotatable bonds is 3. The summed E-state index contributed by atoms with van der Waals surface area (Å²) in [6, 6.07) is 7.47. The Bertz CT molecular complexity index is 527. The first kappa shape index (κ1) is 10.7. The summed E-state index contributed by atoms with van der Waals surface area (Å²) in [7, 11) is 0. The molecule has 2 rings (SSSR count). The molecule has 4 nitrogen and oxygen atoms in total. The van der Waals surface area contributed by atoms with Crippen LogP contribution in [-0.4, -0.2) is 22.3 Å². The molecule has 1 aromatic heterocycles. The van der Waals surface area contributed by atoms with E-state index in [4.69, 9.17) is 9.52 Å². The number of aliphatic carboxylic acids is 1. The molecule has 0 saturated heterocycles. The number of furan rings is 1. The maximum atomic E-state index is 10.5. The van der Waals surface area contributed by atoms with Crippen molar-refractivity contribution in [2.45, 2.75) is 19.4 Å². The van der Waals surface area contributed by atoms with E-state index in [1.54, 1.807) is 0 Å². The molecule has 2 N–H and O–H groups in total. The summed E-state index contributed by atoms with van der Waals surface area (Å²) < 4.78 is 5.50. The summed E-state index contributed by atoms with van der Waals surface area (Å²) in [6.07, 6.45) is -1.42. The average Bonchev–Trinajstić information content (AvgIpc) is 2.56. The fourth-order valence-electron chi connectivity index (χ4n) is 1.68. The van der Waals surface area contributed by atoms with Crippen LogP contribution in [0.15, 0.2) is 28.7 Å². The zero-order valence-electron chi connectivity index (χ0n) is 8.80. The molecular weight excluding hydrogens is 208 g/mol. The van der Waals surface area contributed by atoms with Crippen LogP contribution in [0, 0.1) is 6.92 Å². The zero-order valence-corrected chi connectivity index (χ0v) is 8.80. The molecule has 0 radical (unpaired) electrons. The molecule has 1 aromatic carbocycles. The van der Waals surface area contributed by atoms with Gasteiger partial charge in [-0.3, -0.25) is 0 Å². The van der Waals surface area contributed by atoms with E-state index in [0.29, 0.717) is 11.3 Å². The van der Waals surface area contributed by atoms with Crippen molar-refractivity contribution in [2.75, 3.05) is 0 Å². The predicted octanol–water partition coefficient (Wildman–Crippen LogP) is 1.73. The quantitative estimate of drug-likeness (QED) is 0.826. The van der Waals surface area contributed by atoms with Gasteiger partial charge in [-0.2, -0.15) is 0 Å². The first-order valence-corrected chi connectivity index (χ1v) is 4.97. The van der Waals surface area contributed by atoms with E-state index in [1.807, 2.05) is 31.2 Å². The topological polar surface area (TPSA) is 70.7 Å². The predicted molar refractivity (Wildman–Crippen MR) is 58.3 cm³/mol. The molecule has 0 aliphatic carbocycles. The lowest BCUT2D eigenvalue weighted by atomic mass is 10.1. The Hall–Kier alpha value is -1.81. The van der Waals surface area contributed by atoms with Gasteiger partial charge in [-0.25, -0.2) is 4.79 Å². The number of para-hydroxylation sites is 1. The number of benzene rings is 1. The van der Waals surface area contributed by atoms with Crippen LogP contribution in [0.5, 0.6) is 0 Å². The summed E-state index contributed by atoms with van der Waals surface area (Å²) in [5, 5.41) is 18.8. The summed E-state index contributed by atoms with van der Waals surface area (Å²) in [5.74, 6) is -0.712. The summed E-state index contributed by atoms with van der Waals surface area (Å²) in [6.45, 7) is 1.86. The maximum absolute atomic E-state index is 10.5. The third-order valence-electron chi connectivity index (χ3n) is 2.61. The van der Waals surface area contributed by atoms with Crippen molar-refractivity contribution < 1.29 is 19.4 Å². The molecule has 16 heavy (non-hydrogen) atoms. The molecule has 0 aliphatic heterocycles. The van der Waals surface area contributed by atoms with Gasteiger partial charge in [0.15, 0.2) is 6.10 Å². The van der Waals surface area contributed by atoms with Gasteiger partial charge < -0.3 is 14.6 Å². The van der Waals surface area contributed by atoms with Gasteiger partial charge in [0.05, 0.1) is 0 Å². The monoisotopic (exact) mass is 220 g/mol. The first-order chi connectivity index (χ1) is 7.59. The van der Waals surface area contributed by atoms with E-state index in [1.165, 1.54) is 0 Å². The Morgan fingerprint density at radius 2 is 2.12 bits per heavy atom. The van der Waals surface area contributed by atoms with Gasteiger partial charge in [0, 0.05) is 11.8 Å². The van der Waals surface area contributed by atoms with Crippen molar-refractivity contribution in [3.05, 3.63) is 35.6 Å². The van der Waals surface area contributed by atoms with Crippen LogP contribution in [0.25, 0.3) is 11.0 Å². The minimum atomic E-state index is -1.42. The molecule has 0 saturated carbocycles. The van der Waals surface area contributed by atoms with Crippen molar-refractivity contribution >= 4 is 16.9 Å². The number of aliphatic hydroxyl groups is 1. The molecule has 0 spiro atoms. The molecule has 1 heterocycles. The van der Waals surface area contributed by atoms with Crippen LogP contribution in [-0.2, 0) is 11.2 Å². The van der Waals surface area contributed by atoms with Crippen molar-refractivity contribution in [3.63, 3.8) is 0 Å². The third kappa shape index (κ3) is 1.79. The van der Waals surface area contributed by atoms with Gasteiger partial charge in [0.25, 0.3) is 0 Å². The summed E-state index contributed by atoms with van der Waals surface area (Å²) >= 11 is 0. The standard InChI is InChI=1S/C12H12O4/c1-7-8-4-2-3-5-10(8)16-11(7)6-9(13)12(14)15/h2-5,9,13H,6H2,1H3,(H,14,15). The Kier molecular flexibility index (Phi) is 2.66. The number of fused-ring (bicyclic) bond motifs is 1. The summed E-state index contributed by atoms with van der Waals surface area (Å²) in [4.78, 5) is 10.5. The van der Waals surface area contributed by atoms with Gasteiger partial charge in [0.1, 0.15) is 11.3 Å². The van der Waals surface area contributed by atoms with Crippen molar-refractivity contribution in [3.8, 4) is 0 Å². The van der Waals surface area contributed by atoms with Crippen LogP contribution >= 0.6 is 0 Å². The molecule has 0 fully saturated rings. The molecule has 84 valence electrons. The highest BCUT2D eigenvalue weighted by Crippen LogP contribution is 2.25. The molecule has 2 aromatic rings. The van der Waals surface area contributed by atoms with Crippen molar-refractivity contribution in [1.29, 1.82) is 0 Å². The van der Waals surface area contributed by atoms with E-state index in [9.17, 15) is 9.90 Å². The first-order valence-electron chi connectivity index (χ1n) is 4.97. The molecular formula is C12H12O4. The van der Waals surface area contributed by atoms with Crippen LogP contribution in [0.1, 0.15) is 11.3 Å². The van der Waals surface area contributed by atoms with E-state index < -0.39 is 12.1 Å². The number of carbonyl (C=O) groups is 1. The number of carboxylic acids is 1. The summed E-state index contributed by atoms with van der Waals surface area (Å²) in [5.41, 5.74) is 1.60.